The molecule has 17 heavy (non-hydrogen) atoms. The van der Waals surface area contributed by atoms with E-state index in [2.05, 4.69) is 29.8 Å². The Kier molecular flexibility index (Phi) is 4.18. The van der Waals surface area contributed by atoms with Crippen molar-refractivity contribution in [2.75, 3.05) is 0 Å². The molecule has 4 heteroatoms. The molecule has 0 aliphatic heterocycles. The molecular formula is C13H19NO2S. The average Bonchev–Trinajstić information content (AvgIpc) is 2.83. The number of rotatable bonds is 4. The molecule has 1 aromatic rings. The smallest absolute Gasteiger partial charge is 0.306 e. The molecule has 0 radical (unpaired) electrons. The lowest BCUT2D eigenvalue weighted by molar-refractivity contribution is -0.142. The van der Waals surface area contributed by atoms with Crippen molar-refractivity contribution in [1.29, 1.82) is 0 Å². The Morgan fingerprint density at radius 3 is 2.71 bits per heavy atom. The van der Waals surface area contributed by atoms with Crippen LogP contribution in [-0.2, 0) is 4.79 Å². The number of nitrogens with one attached hydrogen (secondary N) is 1. The monoisotopic (exact) mass is 253 g/mol. The second-order valence-corrected chi connectivity index (χ2v) is 5.77. The van der Waals surface area contributed by atoms with E-state index < -0.39 is 5.97 Å². The molecule has 0 bridgehead atoms. The first kappa shape index (κ1) is 12.6. The first-order valence-electron chi connectivity index (χ1n) is 6.19. The number of hydrogen-bond acceptors (Lipinski definition) is 3. The van der Waals surface area contributed by atoms with Crippen LogP contribution in [0.15, 0.2) is 17.5 Å². The van der Waals surface area contributed by atoms with E-state index in [1.807, 2.05) is 0 Å². The minimum absolute atomic E-state index is 0.120. The zero-order chi connectivity index (χ0) is 12.3. The summed E-state index contributed by atoms with van der Waals surface area (Å²) in [6.07, 6.45) is 3.58. The van der Waals surface area contributed by atoms with Crippen LogP contribution in [0.2, 0.25) is 0 Å². The largest absolute Gasteiger partial charge is 0.481 e. The summed E-state index contributed by atoms with van der Waals surface area (Å²) in [4.78, 5) is 12.2. The number of thiophene rings is 1. The van der Waals surface area contributed by atoms with Crippen LogP contribution in [0.5, 0.6) is 0 Å². The number of aliphatic carboxylic acids is 1. The van der Waals surface area contributed by atoms with Crippen molar-refractivity contribution < 1.29 is 9.90 Å². The van der Waals surface area contributed by atoms with Crippen molar-refractivity contribution in [1.82, 2.24) is 5.32 Å². The third kappa shape index (κ3) is 3.30. The average molecular weight is 253 g/mol. The maximum absolute atomic E-state index is 10.9. The van der Waals surface area contributed by atoms with Gasteiger partial charge in [-0.1, -0.05) is 6.07 Å². The zero-order valence-corrected chi connectivity index (χ0v) is 10.9. The zero-order valence-electron chi connectivity index (χ0n) is 10.1. The molecule has 1 atom stereocenters. The fourth-order valence-electron chi connectivity index (χ4n) is 2.48. The van der Waals surface area contributed by atoms with Gasteiger partial charge in [0.05, 0.1) is 5.92 Å². The molecule has 1 aliphatic carbocycles. The highest BCUT2D eigenvalue weighted by Gasteiger charge is 2.26. The first-order chi connectivity index (χ1) is 8.16. The minimum Gasteiger partial charge on any atom is -0.481 e. The number of carboxylic acid groups (broad SMARTS) is 1. The summed E-state index contributed by atoms with van der Waals surface area (Å²) in [7, 11) is 0. The lowest BCUT2D eigenvalue weighted by atomic mass is 9.86. The van der Waals surface area contributed by atoms with Crippen molar-refractivity contribution in [3.63, 3.8) is 0 Å². The molecule has 0 spiro atoms. The Balaban J connectivity index is 1.80. The van der Waals surface area contributed by atoms with Crippen LogP contribution in [-0.4, -0.2) is 17.1 Å². The summed E-state index contributed by atoms with van der Waals surface area (Å²) in [6.45, 7) is 2.18. The van der Waals surface area contributed by atoms with Crippen molar-refractivity contribution in [2.24, 2.45) is 5.92 Å². The summed E-state index contributed by atoms with van der Waals surface area (Å²) >= 11 is 1.77. The first-order valence-corrected chi connectivity index (χ1v) is 7.07. The summed E-state index contributed by atoms with van der Waals surface area (Å²) in [5.41, 5.74) is 0. The minimum atomic E-state index is -0.630. The highest BCUT2D eigenvalue weighted by atomic mass is 32.1. The van der Waals surface area contributed by atoms with Crippen LogP contribution in [0.4, 0.5) is 0 Å². The van der Waals surface area contributed by atoms with Crippen LogP contribution < -0.4 is 5.32 Å². The van der Waals surface area contributed by atoms with Gasteiger partial charge in [0.2, 0.25) is 0 Å². The van der Waals surface area contributed by atoms with Gasteiger partial charge in [0.1, 0.15) is 0 Å². The van der Waals surface area contributed by atoms with E-state index in [1.165, 1.54) is 4.88 Å². The van der Waals surface area contributed by atoms with Crippen molar-refractivity contribution in [2.45, 2.75) is 44.7 Å². The molecule has 2 rings (SSSR count). The SMILES string of the molecule is C[C@H](NC1CCC(C(=O)O)CC1)c1cccs1. The van der Waals surface area contributed by atoms with Crippen LogP contribution in [0.1, 0.15) is 43.5 Å². The molecule has 2 N–H and O–H groups in total. The van der Waals surface area contributed by atoms with Crippen molar-refractivity contribution >= 4 is 17.3 Å². The third-order valence-corrected chi connectivity index (χ3v) is 4.59. The Bertz CT molecular complexity index is 356. The lowest BCUT2D eigenvalue weighted by Crippen LogP contribution is -2.36. The summed E-state index contributed by atoms with van der Waals surface area (Å²) in [5.74, 6) is -0.750. The number of hydrogen-bond donors (Lipinski definition) is 2. The van der Waals surface area contributed by atoms with Gasteiger partial charge in [-0.25, -0.2) is 0 Å². The maximum atomic E-state index is 10.9. The van der Waals surface area contributed by atoms with Gasteiger partial charge in [0.15, 0.2) is 0 Å². The number of carbonyl (C=O) groups is 1. The Morgan fingerprint density at radius 2 is 2.18 bits per heavy atom. The number of carboxylic acids is 1. The van der Waals surface area contributed by atoms with Crippen LogP contribution in [0.25, 0.3) is 0 Å². The van der Waals surface area contributed by atoms with Gasteiger partial charge >= 0.3 is 5.97 Å². The standard InChI is InChI=1S/C13H19NO2S/c1-9(12-3-2-8-17-12)14-11-6-4-10(5-7-11)13(15)16/h2-3,8-11,14H,4-7H2,1H3,(H,15,16)/t9-,10?,11?/m0/s1. The van der Waals surface area contributed by atoms with Crippen LogP contribution in [0, 0.1) is 5.92 Å². The molecule has 0 amide bonds. The molecule has 3 nitrogen and oxygen atoms in total. The predicted octanol–water partition coefficient (Wildman–Crippen LogP) is 3.04. The molecule has 0 saturated heterocycles. The molecule has 0 aromatic carbocycles. The van der Waals surface area contributed by atoms with E-state index in [1.54, 1.807) is 11.3 Å². The highest BCUT2D eigenvalue weighted by molar-refractivity contribution is 7.10. The second kappa shape index (κ2) is 5.65. The lowest BCUT2D eigenvalue weighted by Gasteiger charge is -2.29. The molecule has 1 saturated carbocycles. The van der Waals surface area contributed by atoms with Crippen molar-refractivity contribution in [3.05, 3.63) is 22.4 Å². The Hall–Kier alpha value is -0.870. The van der Waals surface area contributed by atoms with E-state index in [0.717, 1.165) is 25.7 Å². The van der Waals surface area contributed by atoms with Gasteiger partial charge in [0.25, 0.3) is 0 Å². The third-order valence-electron chi connectivity index (χ3n) is 3.53. The predicted molar refractivity (Wildman–Crippen MR) is 69.3 cm³/mol. The Morgan fingerprint density at radius 1 is 1.47 bits per heavy atom. The van der Waals surface area contributed by atoms with Gasteiger partial charge in [-0.3, -0.25) is 4.79 Å². The molecule has 0 unspecified atom stereocenters. The fraction of sp³-hybridized carbons (Fsp3) is 0.615. The van der Waals surface area contributed by atoms with E-state index in [-0.39, 0.29) is 5.92 Å². The topological polar surface area (TPSA) is 49.3 Å². The maximum Gasteiger partial charge on any atom is 0.306 e. The molecule has 1 aromatic heterocycles. The second-order valence-electron chi connectivity index (χ2n) is 4.79. The summed E-state index contributed by atoms with van der Waals surface area (Å²) < 4.78 is 0. The van der Waals surface area contributed by atoms with E-state index in [0.29, 0.717) is 12.1 Å². The van der Waals surface area contributed by atoms with Crippen molar-refractivity contribution in [3.8, 4) is 0 Å². The van der Waals surface area contributed by atoms with E-state index in [4.69, 9.17) is 5.11 Å². The van der Waals surface area contributed by atoms with Gasteiger partial charge in [-0.05, 0) is 44.1 Å². The van der Waals surface area contributed by atoms with Gasteiger partial charge in [0, 0.05) is 17.0 Å². The molecular weight excluding hydrogens is 234 g/mol. The van der Waals surface area contributed by atoms with Gasteiger partial charge < -0.3 is 10.4 Å². The fourth-order valence-corrected chi connectivity index (χ4v) is 3.22. The summed E-state index contributed by atoms with van der Waals surface area (Å²) in [6, 6.07) is 5.06. The molecule has 94 valence electrons. The molecule has 1 heterocycles. The van der Waals surface area contributed by atoms with Gasteiger partial charge in [-0.15, -0.1) is 11.3 Å². The highest BCUT2D eigenvalue weighted by Crippen LogP contribution is 2.27. The quantitative estimate of drug-likeness (QED) is 0.867. The Labute approximate surface area is 106 Å². The molecule has 1 aliphatic rings. The van der Waals surface area contributed by atoms with E-state index in [9.17, 15) is 4.79 Å². The normalized spacial score (nSPS) is 26.6. The van der Waals surface area contributed by atoms with Crippen LogP contribution in [0.3, 0.4) is 0 Å². The van der Waals surface area contributed by atoms with Crippen LogP contribution >= 0.6 is 11.3 Å². The van der Waals surface area contributed by atoms with E-state index >= 15 is 0 Å². The molecule has 1 fully saturated rings. The van der Waals surface area contributed by atoms with Gasteiger partial charge in [-0.2, -0.15) is 0 Å². The summed E-state index contributed by atoms with van der Waals surface area (Å²) in [5, 5.41) is 14.6.